The number of hydrogen-bond acceptors (Lipinski definition) is 3. The molecular weight excluding hydrogens is 155 g/mol. The van der Waals surface area contributed by atoms with Gasteiger partial charge in [0.1, 0.15) is 6.61 Å². The fourth-order valence-corrected chi connectivity index (χ4v) is 2.46. The molecule has 0 aromatic rings. The standard InChI is InChI=1S/C5H12O2PS/c1-3-5-9-8(6)7-4-2/h3-5H2,1-2H3/q+1. The maximum absolute atomic E-state index is 10.7. The summed E-state index contributed by atoms with van der Waals surface area (Å²) in [6.07, 6.45) is 1.05. The van der Waals surface area contributed by atoms with Crippen LogP contribution in [0.2, 0.25) is 0 Å². The molecule has 4 heteroatoms. The molecule has 0 N–H and O–H groups in total. The van der Waals surface area contributed by atoms with Crippen LogP contribution in [0.1, 0.15) is 20.3 Å². The van der Waals surface area contributed by atoms with Crippen molar-refractivity contribution >= 4 is 18.6 Å². The van der Waals surface area contributed by atoms with Crippen LogP contribution in [-0.4, -0.2) is 12.4 Å². The van der Waals surface area contributed by atoms with Crippen molar-refractivity contribution in [2.45, 2.75) is 20.3 Å². The van der Waals surface area contributed by atoms with Gasteiger partial charge in [-0.3, -0.25) is 0 Å². The van der Waals surface area contributed by atoms with E-state index in [2.05, 4.69) is 6.92 Å². The molecule has 0 saturated heterocycles. The van der Waals surface area contributed by atoms with E-state index in [1.807, 2.05) is 6.92 Å². The third-order valence-electron chi connectivity index (χ3n) is 0.635. The minimum Gasteiger partial charge on any atom is -0.136 e. The van der Waals surface area contributed by atoms with Gasteiger partial charge in [-0.15, -0.1) is 4.52 Å². The second kappa shape index (κ2) is 6.53. The first-order valence-corrected chi connectivity index (χ1v) is 5.81. The van der Waals surface area contributed by atoms with Crippen LogP contribution in [0.25, 0.3) is 0 Å². The highest BCUT2D eigenvalue weighted by Gasteiger charge is 2.16. The largest absolute Gasteiger partial charge is 0.585 e. The van der Waals surface area contributed by atoms with Gasteiger partial charge in [-0.25, -0.2) is 0 Å². The quantitative estimate of drug-likeness (QED) is 0.589. The zero-order valence-electron chi connectivity index (χ0n) is 5.79. The Hall–Kier alpha value is 0.410. The molecule has 54 valence electrons. The van der Waals surface area contributed by atoms with E-state index in [0.717, 1.165) is 12.2 Å². The molecule has 0 bridgehead atoms. The molecule has 0 aliphatic carbocycles. The summed E-state index contributed by atoms with van der Waals surface area (Å²) in [5, 5.41) is 0. The lowest BCUT2D eigenvalue weighted by Gasteiger charge is -1.80. The monoisotopic (exact) mass is 167 g/mol. The SMILES string of the molecule is CCCS[P+](=O)OCC. The van der Waals surface area contributed by atoms with Gasteiger partial charge in [-0.2, -0.15) is 0 Å². The Labute approximate surface area is 61.0 Å². The van der Waals surface area contributed by atoms with Gasteiger partial charge < -0.3 is 0 Å². The first-order valence-electron chi connectivity index (χ1n) is 3.04. The molecule has 1 unspecified atom stereocenters. The molecule has 0 rings (SSSR count). The highest BCUT2D eigenvalue weighted by molar-refractivity contribution is 8.50. The Bertz CT molecular complexity index is 87.0. The van der Waals surface area contributed by atoms with Crippen LogP contribution in [0.4, 0.5) is 0 Å². The van der Waals surface area contributed by atoms with Crippen LogP contribution in [0, 0.1) is 0 Å². The Morgan fingerprint density at radius 3 is 2.67 bits per heavy atom. The van der Waals surface area contributed by atoms with E-state index in [-0.39, 0.29) is 0 Å². The second-order valence-corrected chi connectivity index (χ2v) is 4.52. The summed E-state index contributed by atoms with van der Waals surface area (Å²) in [7, 11) is -1.42. The van der Waals surface area contributed by atoms with E-state index in [4.69, 9.17) is 4.52 Å². The maximum Gasteiger partial charge on any atom is 0.585 e. The van der Waals surface area contributed by atoms with Gasteiger partial charge >= 0.3 is 7.23 Å². The molecule has 0 aromatic heterocycles. The molecule has 2 nitrogen and oxygen atoms in total. The van der Waals surface area contributed by atoms with Crippen molar-refractivity contribution in [1.29, 1.82) is 0 Å². The minimum atomic E-state index is -1.42. The number of rotatable bonds is 5. The molecule has 0 aliphatic rings. The van der Waals surface area contributed by atoms with E-state index in [9.17, 15) is 4.57 Å². The highest BCUT2D eigenvalue weighted by Crippen LogP contribution is 2.38. The predicted molar refractivity (Wildman–Crippen MR) is 42.0 cm³/mol. The Kier molecular flexibility index (Phi) is 6.83. The molecular formula is C5H12O2PS+. The van der Waals surface area contributed by atoms with Crippen molar-refractivity contribution in [2.24, 2.45) is 0 Å². The third kappa shape index (κ3) is 6.29. The van der Waals surface area contributed by atoms with Crippen molar-refractivity contribution in [1.82, 2.24) is 0 Å². The first kappa shape index (κ1) is 9.41. The van der Waals surface area contributed by atoms with E-state index in [1.165, 1.54) is 11.4 Å². The van der Waals surface area contributed by atoms with Gasteiger partial charge in [-0.1, -0.05) is 6.92 Å². The molecule has 0 saturated carbocycles. The number of hydrogen-bond donors (Lipinski definition) is 0. The molecule has 0 radical (unpaired) electrons. The smallest absolute Gasteiger partial charge is 0.136 e. The van der Waals surface area contributed by atoms with Crippen molar-refractivity contribution in [3.05, 3.63) is 0 Å². The Morgan fingerprint density at radius 2 is 2.22 bits per heavy atom. The van der Waals surface area contributed by atoms with Crippen LogP contribution < -0.4 is 0 Å². The molecule has 0 fully saturated rings. The molecule has 1 atom stereocenters. The third-order valence-corrected chi connectivity index (χ3v) is 3.40. The molecule has 0 spiro atoms. The van der Waals surface area contributed by atoms with Gasteiger partial charge in [0, 0.05) is 5.75 Å². The summed E-state index contributed by atoms with van der Waals surface area (Å²) >= 11 is 1.39. The summed E-state index contributed by atoms with van der Waals surface area (Å²) in [6.45, 7) is 4.45. The normalized spacial score (nSPS) is 11.6. The van der Waals surface area contributed by atoms with Crippen LogP contribution >= 0.6 is 18.6 Å². The lowest BCUT2D eigenvalue weighted by molar-refractivity contribution is 0.361. The summed E-state index contributed by atoms with van der Waals surface area (Å²) < 4.78 is 15.5. The highest BCUT2D eigenvalue weighted by atomic mass is 32.7. The summed E-state index contributed by atoms with van der Waals surface area (Å²) in [5.41, 5.74) is 0. The zero-order chi connectivity index (χ0) is 7.11. The Balaban J connectivity index is 3.06. The lowest BCUT2D eigenvalue weighted by Crippen LogP contribution is -1.75. The molecule has 0 aliphatic heterocycles. The lowest BCUT2D eigenvalue weighted by atomic mass is 10.6. The van der Waals surface area contributed by atoms with Crippen molar-refractivity contribution in [3.63, 3.8) is 0 Å². The topological polar surface area (TPSA) is 26.3 Å². The summed E-state index contributed by atoms with van der Waals surface area (Å²) in [6, 6.07) is 0. The second-order valence-electron chi connectivity index (χ2n) is 1.47. The van der Waals surface area contributed by atoms with E-state index in [0.29, 0.717) is 6.61 Å². The van der Waals surface area contributed by atoms with E-state index in [1.54, 1.807) is 0 Å². The van der Waals surface area contributed by atoms with Crippen molar-refractivity contribution < 1.29 is 9.09 Å². The maximum atomic E-state index is 10.7. The van der Waals surface area contributed by atoms with Gasteiger partial charge in [0.15, 0.2) is 11.4 Å². The van der Waals surface area contributed by atoms with Gasteiger partial charge in [0.25, 0.3) is 0 Å². The minimum absolute atomic E-state index is 0.548. The van der Waals surface area contributed by atoms with Gasteiger partial charge in [0.05, 0.1) is 0 Å². The zero-order valence-corrected chi connectivity index (χ0v) is 7.50. The van der Waals surface area contributed by atoms with Crippen LogP contribution in [-0.2, 0) is 9.09 Å². The first-order chi connectivity index (χ1) is 4.31. The summed E-state index contributed by atoms with van der Waals surface area (Å²) in [5.74, 6) is 0.926. The molecule has 9 heavy (non-hydrogen) atoms. The van der Waals surface area contributed by atoms with Crippen LogP contribution in [0.3, 0.4) is 0 Å². The van der Waals surface area contributed by atoms with Gasteiger partial charge in [0.2, 0.25) is 0 Å². The predicted octanol–water partition coefficient (Wildman–Crippen LogP) is 2.82. The molecule has 0 aromatic carbocycles. The fourth-order valence-electron chi connectivity index (χ4n) is 0.308. The molecule has 0 amide bonds. The van der Waals surface area contributed by atoms with Crippen LogP contribution in [0.15, 0.2) is 0 Å². The van der Waals surface area contributed by atoms with E-state index < -0.39 is 7.23 Å². The average Bonchev–Trinajstić information content (AvgIpc) is 1.85. The van der Waals surface area contributed by atoms with Crippen molar-refractivity contribution in [2.75, 3.05) is 12.4 Å². The summed E-state index contributed by atoms with van der Waals surface area (Å²) in [4.78, 5) is 0. The van der Waals surface area contributed by atoms with Crippen LogP contribution in [0.5, 0.6) is 0 Å². The van der Waals surface area contributed by atoms with Gasteiger partial charge in [-0.05, 0) is 17.9 Å². The average molecular weight is 167 g/mol. The van der Waals surface area contributed by atoms with E-state index >= 15 is 0 Å². The Morgan fingerprint density at radius 1 is 1.56 bits per heavy atom. The van der Waals surface area contributed by atoms with Crippen molar-refractivity contribution in [3.8, 4) is 0 Å². The molecule has 0 heterocycles. The fraction of sp³-hybridized carbons (Fsp3) is 1.00.